The van der Waals surface area contributed by atoms with Crippen LogP contribution < -0.4 is 10.1 Å². The van der Waals surface area contributed by atoms with Crippen molar-refractivity contribution in [3.8, 4) is 5.88 Å². The monoisotopic (exact) mass is 239 g/mol. The summed E-state index contributed by atoms with van der Waals surface area (Å²) in [5.41, 5.74) is 0. The van der Waals surface area contributed by atoms with Crippen LogP contribution in [-0.4, -0.2) is 36.8 Å². The molecule has 1 heterocycles. The quantitative estimate of drug-likeness (QED) is 0.703. The largest absolute Gasteiger partial charge is 0.481 e. The molecular weight excluding hydrogens is 218 g/mol. The minimum absolute atomic E-state index is 0.568. The second-order valence-electron chi connectivity index (χ2n) is 4.19. The van der Waals surface area contributed by atoms with E-state index in [-0.39, 0.29) is 0 Å². The molecule has 1 rings (SSSR count). The molecule has 96 valence electrons. The van der Waals surface area contributed by atoms with Crippen molar-refractivity contribution >= 4 is 5.82 Å². The third-order valence-corrected chi connectivity index (χ3v) is 2.07. The lowest BCUT2D eigenvalue weighted by atomic mass is 10.2. The number of anilines is 1. The van der Waals surface area contributed by atoms with Crippen LogP contribution in [0.1, 0.15) is 20.3 Å². The van der Waals surface area contributed by atoms with Gasteiger partial charge in [-0.3, -0.25) is 0 Å². The number of nitrogens with zero attached hydrogens (tertiary/aromatic N) is 2. The molecule has 0 aromatic carbocycles. The van der Waals surface area contributed by atoms with Gasteiger partial charge in [0.05, 0.1) is 7.11 Å². The fraction of sp³-hybridized carbons (Fsp3) is 0.667. The molecule has 0 aliphatic rings. The van der Waals surface area contributed by atoms with E-state index in [0.717, 1.165) is 32.0 Å². The molecule has 0 fully saturated rings. The Morgan fingerprint density at radius 3 is 2.88 bits per heavy atom. The van der Waals surface area contributed by atoms with E-state index in [1.165, 1.54) is 6.33 Å². The zero-order valence-electron chi connectivity index (χ0n) is 10.8. The van der Waals surface area contributed by atoms with E-state index in [1.54, 1.807) is 13.2 Å². The molecule has 0 spiro atoms. The molecule has 0 bridgehead atoms. The molecule has 0 unspecified atom stereocenters. The molecule has 5 heteroatoms. The highest BCUT2D eigenvalue weighted by atomic mass is 16.5. The molecule has 1 N–H and O–H groups in total. The van der Waals surface area contributed by atoms with Gasteiger partial charge in [-0.1, -0.05) is 13.8 Å². The van der Waals surface area contributed by atoms with E-state index in [2.05, 4.69) is 29.1 Å². The maximum absolute atomic E-state index is 5.48. The van der Waals surface area contributed by atoms with E-state index < -0.39 is 0 Å². The molecule has 0 saturated heterocycles. The van der Waals surface area contributed by atoms with Crippen LogP contribution >= 0.6 is 0 Å². The van der Waals surface area contributed by atoms with Crippen molar-refractivity contribution in [2.75, 3.05) is 32.2 Å². The standard InChI is InChI=1S/C12H21N3O2/c1-10(2)8-17-6-4-5-13-11-7-12(16-3)15-9-14-11/h7,9-10H,4-6,8H2,1-3H3,(H,13,14,15). The minimum atomic E-state index is 0.568. The molecular formula is C12H21N3O2. The summed E-state index contributed by atoms with van der Waals surface area (Å²) in [7, 11) is 1.59. The summed E-state index contributed by atoms with van der Waals surface area (Å²) in [5.74, 6) is 1.94. The van der Waals surface area contributed by atoms with Gasteiger partial charge in [-0.2, -0.15) is 0 Å². The van der Waals surface area contributed by atoms with Crippen molar-refractivity contribution in [1.82, 2.24) is 9.97 Å². The van der Waals surface area contributed by atoms with Gasteiger partial charge >= 0.3 is 0 Å². The average molecular weight is 239 g/mol. The van der Waals surface area contributed by atoms with Crippen LogP contribution in [-0.2, 0) is 4.74 Å². The van der Waals surface area contributed by atoms with Gasteiger partial charge in [0.1, 0.15) is 12.1 Å². The Balaban J connectivity index is 2.13. The molecule has 1 aromatic heterocycles. The lowest BCUT2D eigenvalue weighted by molar-refractivity contribution is 0.110. The fourth-order valence-corrected chi connectivity index (χ4v) is 1.26. The van der Waals surface area contributed by atoms with Crippen LogP contribution in [0.2, 0.25) is 0 Å². The summed E-state index contributed by atoms with van der Waals surface area (Å²) in [6.07, 6.45) is 2.44. The number of aromatic nitrogens is 2. The number of hydrogen-bond donors (Lipinski definition) is 1. The first-order valence-corrected chi connectivity index (χ1v) is 5.90. The van der Waals surface area contributed by atoms with Crippen LogP contribution in [0.25, 0.3) is 0 Å². The van der Waals surface area contributed by atoms with Crippen LogP contribution in [0.15, 0.2) is 12.4 Å². The number of hydrogen-bond acceptors (Lipinski definition) is 5. The summed E-state index contributed by atoms with van der Waals surface area (Å²) in [6, 6.07) is 1.77. The second kappa shape index (κ2) is 7.84. The van der Waals surface area contributed by atoms with Gasteiger partial charge in [0.15, 0.2) is 0 Å². The highest BCUT2D eigenvalue weighted by molar-refractivity contribution is 5.36. The van der Waals surface area contributed by atoms with Crippen molar-refractivity contribution in [3.05, 3.63) is 12.4 Å². The van der Waals surface area contributed by atoms with E-state index in [0.29, 0.717) is 11.8 Å². The third kappa shape index (κ3) is 6.06. The first kappa shape index (κ1) is 13.7. The Bertz CT molecular complexity index is 318. The molecule has 17 heavy (non-hydrogen) atoms. The van der Waals surface area contributed by atoms with Crippen molar-refractivity contribution < 1.29 is 9.47 Å². The average Bonchev–Trinajstić information content (AvgIpc) is 2.33. The van der Waals surface area contributed by atoms with Gasteiger partial charge < -0.3 is 14.8 Å². The van der Waals surface area contributed by atoms with Crippen LogP contribution in [0.4, 0.5) is 5.82 Å². The Labute approximate surface area is 103 Å². The highest BCUT2D eigenvalue weighted by Crippen LogP contribution is 2.09. The van der Waals surface area contributed by atoms with Crippen LogP contribution in [0, 0.1) is 5.92 Å². The Hall–Kier alpha value is -1.36. The number of methoxy groups -OCH3 is 1. The zero-order valence-corrected chi connectivity index (χ0v) is 10.8. The lowest BCUT2D eigenvalue weighted by Gasteiger charge is -2.08. The van der Waals surface area contributed by atoms with Gasteiger partial charge in [-0.25, -0.2) is 9.97 Å². The second-order valence-corrected chi connectivity index (χ2v) is 4.19. The van der Waals surface area contributed by atoms with E-state index >= 15 is 0 Å². The molecule has 0 saturated carbocycles. The normalized spacial score (nSPS) is 10.6. The Kier molecular flexibility index (Phi) is 6.32. The van der Waals surface area contributed by atoms with Gasteiger partial charge in [-0.15, -0.1) is 0 Å². The SMILES string of the molecule is COc1cc(NCCCOCC(C)C)ncn1. The summed E-state index contributed by atoms with van der Waals surface area (Å²) in [6.45, 7) is 6.71. The molecule has 0 radical (unpaired) electrons. The van der Waals surface area contributed by atoms with Gasteiger partial charge in [0, 0.05) is 25.8 Å². The zero-order chi connectivity index (χ0) is 12.5. The molecule has 0 aliphatic carbocycles. The lowest BCUT2D eigenvalue weighted by Crippen LogP contribution is -2.09. The smallest absolute Gasteiger partial charge is 0.218 e. The maximum atomic E-state index is 5.48. The molecule has 0 atom stereocenters. The van der Waals surface area contributed by atoms with Crippen molar-refractivity contribution in [2.24, 2.45) is 5.92 Å². The van der Waals surface area contributed by atoms with Crippen molar-refractivity contribution in [3.63, 3.8) is 0 Å². The molecule has 0 aliphatic heterocycles. The van der Waals surface area contributed by atoms with Gasteiger partial charge in [0.2, 0.25) is 5.88 Å². The topological polar surface area (TPSA) is 56.3 Å². The number of ether oxygens (including phenoxy) is 2. The highest BCUT2D eigenvalue weighted by Gasteiger charge is 1.98. The van der Waals surface area contributed by atoms with Gasteiger partial charge in [-0.05, 0) is 12.3 Å². The Morgan fingerprint density at radius 1 is 1.35 bits per heavy atom. The van der Waals surface area contributed by atoms with E-state index in [4.69, 9.17) is 9.47 Å². The Morgan fingerprint density at radius 2 is 2.18 bits per heavy atom. The number of rotatable bonds is 8. The van der Waals surface area contributed by atoms with E-state index in [1.807, 2.05) is 0 Å². The summed E-state index contributed by atoms with van der Waals surface area (Å²) in [4.78, 5) is 8.03. The summed E-state index contributed by atoms with van der Waals surface area (Å²) < 4.78 is 10.5. The van der Waals surface area contributed by atoms with Gasteiger partial charge in [0.25, 0.3) is 0 Å². The van der Waals surface area contributed by atoms with Crippen molar-refractivity contribution in [1.29, 1.82) is 0 Å². The fourth-order valence-electron chi connectivity index (χ4n) is 1.26. The first-order chi connectivity index (χ1) is 8.22. The van der Waals surface area contributed by atoms with Crippen LogP contribution in [0.5, 0.6) is 5.88 Å². The predicted molar refractivity (Wildman–Crippen MR) is 67.3 cm³/mol. The van der Waals surface area contributed by atoms with E-state index in [9.17, 15) is 0 Å². The summed E-state index contributed by atoms with van der Waals surface area (Å²) in [5, 5.41) is 3.20. The predicted octanol–water partition coefficient (Wildman–Crippen LogP) is 1.96. The molecule has 0 amide bonds. The molecule has 1 aromatic rings. The maximum Gasteiger partial charge on any atom is 0.218 e. The third-order valence-electron chi connectivity index (χ3n) is 2.07. The minimum Gasteiger partial charge on any atom is -0.481 e. The first-order valence-electron chi connectivity index (χ1n) is 5.90. The number of nitrogens with one attached hydrogen (secondary N) is 1. The molecule has 5 nitrogen and oxygen atoms in total. The van der Waals surface area contributed by atoms with Crippen LogP contribution in [0.3, 0.4) is 0 Å². The van der Waals surface area contributed by atoms with Crippen molar-refractivity contribution in [2.45, 2.75) is 20.3 Å². The summed E-state index contributed by atoms with van der Waals surface area (Å²) >= 11 is 0.